The van der Waals surface area contributed by atoms with Gasteiger partial charge in [-0.05, 0) is 24.7 Å². The Morgan fingerprint density at radius 1 is 1.47 bits per heavy atom. The molecule has 1 heterocycles. The van der Waals surface area contributed by atoms with Crippen LogP contribution < -0.4 is 10.6 Å². The van der Waals surface area contributed by atoms with Gasteiger partial charge in [0.25, 0.3) is 0 Å². The highest BCUT2D eigenvalue weighted by atomic mass is 15.2. The molecule has 1 aromatic rings. The van der Waals surface area contributed by atoms with E-state index in [2.05, 4.69) is 27.6 Å². The molecule has 2 rings (SSSR count). The van der Waals surface area contributed by atoms with E-state index in [-0.39, 0.29) is 0 Å². The van der Waals surface area contributed by atoms with Crippen LogP contribution in [0.3, 0.4) is 0 Å². The summed E-state index contributed by atoms with van der Waals surface area (Å²) in [6, 6.07) is 0. The molecule has 0 unspecified atom stereocenters. The predicted octanol–water partition coefficient (Wildman–Crippen LogP) is 1.67. The summed E-state index contributed by atoms with van der Waals surface area (Å²) >= 11 is 0. The molecule has 0 amide bonds. The van der Waals surface area contributed by atoms with Crippen molar-refractivity contribution in [1.82, 2.24) is 20.4 Å². The Kier molecular flexibility index (Phi) is 4.45. The second-order valence-electron chi connectivity index (χ2n) is 5.51. The van der Waals surface area contributed by atoms with Gasteiger partial charge < -0.3 is 10.6 Å². The molecule has 0 radical (unpaired) electrons. The van der Waals surface area contributed by atoms with Crippen molar-refractivity contribution >= 4 is 5.96 Å². The molecule has 106 valence electrons. The highest BCUT2D eigenvalue weighted by molar-refractivity contribution is 5.79. The second kappa shape index (κ2) is 6.08. The Morgan fingerprint density at radius 2 is 2.26 bits per heavy atom. The van der Waals surface area contributed by atoms with Crippen LogP contribution in [-0.2, 0) is 13.6 Å². The molecule has 1 aliphatic carbocycles. The van der Waals surface area contributed by atoms with Crippen LogP contribution in [0.15, 0.2) is 17.4 Å². The molecule has 0 spiro atoms. The normalized spacial score (nSPS) is 17.9. The summed E-state index contributed by atoms with van der Waals surface area (Å²) in [7, 11) is 3.75. The van der Waals surface area contributed by atoms with Gasteiger partial charge in [0.1, 0.15) is 0 Å². The van der Waals surface area contributed by atoms with Crippen molar-refractivity contribution in [2.24, 2.45) is 17.5 Å². The molecule has 2 N–H and O–H groups in total. The van der Waals surface area contributed by atoms with Gasteiger partial charge in [0.15, 0.2) is 5.96 Å². The molecule has 5 nitrogen and oxygen atoms in total. The first kappa shape index (κ1) is 13.9. The molecule has 0 saturated heterocycles. The van der Waals surface area contributed by atoms with Crippen LogP contribution in [-0.4, -0.2) is 29.3 Å². The fourth-order valence-corrected chi connectivity index (χ4v) is 2.57. The number of aromatic nitrogens is 2. The number of aryl methyl sites for hydroxylation is 1. The quantitative estimate of drug-likeness (QED) is 0.627. The van der Waals surface area contributed by atoms with Gasteiger partial charge in [-0.1, -0.05) is 13.3 Å². The van der Waals surface area contributed by atoms with Gasteiger partial charge in [-0.3, -0.25) is 9.67 Å². The topological polar surface area (TPSA) is 54.2 Å². The molecule has 5 heteroatoms. The molecular formula is C14H25N5. The summed E-state index contributed by atoms with van der Waals surface area (Å²) in [6.45, 7) is 4.07. The summed E-state index contributed by atoms with van der Waals surface area (Å²) in [4.78, 5) is 4.27. The molecule has 1 saturated carbocycles. The maximum Gasteiger partial charge on any atom is 0.191 e. The lowest BCUT2D eigenvalue weighted by Crippen LogP contribution is -2.46. The van der Waals surface area contributed by atoms with Gasteiger partial charge >= 0.3 is 0 Å². The highest BCUT2D eigenvalue weighted by Gasteiger charge is 2.34. The van der Waals surface area contributed by atoms with Gasteiger partial charge in [0.2, 0.25) is 0 Å². The summed E-state index contributed by atoms with van der Waals surface area (Å²) in [5.41, 5.74) is 1.67. The van der Waals surface area contributed by atoms with E-state index in [4.69, 9.17) is 0 Å². The van der Waals surface area contributed by atoms with E-state index in [9.17, 15) is 0 Å². The van der Waals surface area contributed by atoms with E-state index >= 15 is 0 Å². The third kappa shape index (κ3) is 3.49. The number of guanidine groups is 1. The highest BCUT2D eigenvalue weighted by Crippen LogP contribution is 2.42. The number of aliphatic imine (C=N–C) groups is 1. The minimum atomic E-state index is 0.506. The smallest absolute Gasteiger partial charge is 0.191 e. The lowest BCUT2D eigenvalue weighted by Gasteiger charge is -2.41. The zero-order valence-electron chi connectivity index (χ0n) is 12.2. The van der Waals surface area contributed by atoms with E-state index in [0.717, 1.165) is 19.0 Å². The molecule has 0 bridgehead atoms. The van der Waals surface area contributed by atoms with Crippen molar-refractivity contribution in [1.29, 1.82) is 0 Å². The van der Waals surface area contributed by atoms with E-state index in [1.165, 1.54) is 31.2 Å². The fourth-order valence-electron chi connectivity index (χ4n) is 2.57. The van der Waals surface area contributed by atoms with Crippen LogP contribution in [0.5, 0.6) is 0 Å². The van der Waals surface area contributed by atoms with Gasteiger partial charge in [-0.25, -0.2) is 0 Å². The maximum atomic E-state index is 4.27. The van der Waals surface area contributed by atoms with Gasteiger partial charge in [-0.2, -0.15) is 5.10 Å². The first-order valence-corrected chi connectivity index (χ1v) is 7.09. The third-order valence-corrected chi connectivity index (χ3v) is 4.24. The summed E-state index contributed by atoms with van der Waals surface area (Å²) < 4.78 is 1.81. The number of rotatable bonds is 5. The molecular weight excluding hydrogens is 238 g/mol. The average Bonchev–Trinajstić information content (AvgIpc) is 2.78. The Hall–Kier alpha value is -1.52. The van der Waals surface area contributed by atoms with E-state index in [0.29, 0.717) is 5.41 Å². The van der Waals surface area contributed by atoms with Crippen molar-refractivity contribution in [2.45, 2.75) is 39.2 Å². The minimum Gasteiger partial charge on any atom is -0.356 e. The maximum absolute atomic E-state index is 4.27. The van der Waals surface area contributed by atoms with E-state index in [1.807, 2.05) is 31.2 Å². The van der Waals surface area contributed by atoms with E-state index in [1.54, 1.807) is 0 Å². The third-order valence-electron chi connectivity index (χ3n) is 4.24. The second-order valence-corrected chi connectivity index (χ2v) is 5.51. The molecule has 1 aliphatic rings. The fraction of sp³-hybridized carbons (Fsp3) is 0.714. The van der Waals surface area contributed by atoms with E-state index < -0.39 is 0 Å². The number of nitrogens with zero attached hydrogens (tertiary/aromatic N) is 3. The van der Waals surface area contributed by atoms with Crippen molar-refractivity contribution in [2.75, 3.05) is 13.6 Å². The summed E-state index contributed by atoms with van der Waals surface area (Å²) in [6.07, 6.45) is 9.20. The van der Waals surface area contributed by atoms with Crippen molar-refractivity contribution < 1.29 is 0 Å². The lowest BCUT2D eigenvalue weighted by atomic mass is 9.67. The minimum absolute atomic E-state index is 0.506. The van der Waals surface area contributed by atoms with Crippen LogP contribution >= 0.6 is 0 Å². The number of hydrogen-bond donors (Lipinski definition) is 2. The van der Waals surface area contributed by atoms with Crippen LogP contribution in [0.1, 0.15) is 38.2 Å². The summed E-state index contributed by atoms with van der Waals surface area (Å²) in [5.74, 6) is 0.878. The first-order chi connectivity index (χ1) is 9.17. The molecule has 1 fully saturated rings. The largest absolute Gasteiger partial charge is 0.356 e. The van der Waals surface area contributed by atoms with Crippen LogP contribution in [0.25, 0.3) is 0 Å². The van der Waals surface area contributed by atoms with Gasteiger partial charge in [-0.15, -0.1) is 0 Å². The van der Waals surface area contributed by atoms with Crippen molar-refractivity contribution in [3.05, 3.63) is 18.0 Å². The molecule has 0 aliphatic heterocycles. The molecule has 0 atom stereocenters. The van der Waals surface area contributed by atoms with Gasteiger partial charge in [0.05, 0.1) is 6.20 Å². The van der Waals surface area contributed by atoms with Gasteiger partial charge in [0, 0.05) is 38.9 Å². The number of hydrogen-bond acceptors (Lipinski definition) is 2. The van der Waals surface area contributed by atoms with Crippen molar-refractivity contribution in [3.8, 4) is 0 Å². The SMILES string of the molecule is CCC1(CNC(=NC)NCc2cnn(C)c2)CCC1. The van der Waals surface area contributed by atoms with Crippen LogP contribution in [0.4, 0.5) is 0 Å². The molecule has 1 aromatic heterocycles. The monoisotopic (exact) mass is 263 g/mol. The molecule has 0 aromatic carbocycles. The lowest BCUT2D eigenvalue weighted by molar-refractivity contribution is 0.131. The summed E-state index contributed by atoms with van der Waals surface area (Å²) in [5, 5.41) is 10.9. The molecule has 19 heavy (non-hydrogen) atoms. The Bertz CT molecular complexity index is 425. The van der Waals surface area contributed by atoms with Crippen LogP contribution in [0, 0.1) is 5.41 Å². The zero-order chi connectivity index (χ0) is 13.7. The number of nitrogens with one attached hydrogen (secondary N) is 2. The van der Waals surface area contributed by atoms with Crippen LogP contribution in [0.2, 0.25) is 0 Å². The Morgan fingerprint density at radius 3 is 2.74 bits per heavy atom. The Balaban J connectivity index is 1.77. The Labute approximate surface area is 115 Å². The first-order valence-electron chi connectivity index (χ1n) is 7.09. The zero-order valence-corrected chi connectivity index (χ0v) is 12.2. The predicted molar refractivity (Wildman–Crippen MR) is 78.0 cm³/mol. The van der Waals surface area contributed by atoms with Crippen molar-refractivity contribution in [3.63, 3.8) is 0 Å². The standard InChI is InChI=1S/C14H25N5/c1-4-14(6-5-7-14)11-17-13(15-2)16-8-12-9-18-19(3)10-12/h9-10H,4-8,11H2,1-3H3,(H2,15,16,17). The average molecular weight is 263 g/mol.